The van der Waals surface area contributed by atoms with E-state index >= 15 is 0 Å². The van der Waals surface area contributed by atoms with Gasteiger partial charge in [-0.1, -0.05) is 25.4 Å². The van der Waals surface area contributed by atoms with Gasteiger partial charge in [0.1, 0.15) is 5.82 Å². The number of hydrogen-bond acceptors (Lipinski definition) is 2. The Morgan fingerprint density at radius 3 is 2.18 bits per heavy atom. The van der Waals surface area contributed by atoms with E-state index in [0.717, 1.165) is 11.5 Å². The number of aromatic nitrogens is 2. The summed E-state index contributed by atoms with van der Waals surface area (Å²) < 4.78 is 0. The van der Waals surface area contributed by atoms with Crippen LogP contribution >= 0.6 is 11.6 Å². The highest BCUT2D eigenvalue weighted by molar-refractivity contribution is 6.31. The molecule has 0 bridgehead atoms. The van der Waals surface area contributed by atoms with E-state index in [-0.39, 0.29) is 0 Å². The van der Waals surface area contributed by atoms with E-state index < -0.39 is 0 Å². The lowest BCUT2D eigenvalue weighted by Crippen LogP contribution is -1.89. The van der Waals surface area contributed by atoms with E-state index in [4.69, 9.17) is 11.6 Å². The van der Waals surface area contributed by atoms with Crippen LogP contribution in [-0.2, 0) is 0 Å². The molecule has 0 fully saturated rings. The van der Waals surface area contributed by atoms with Gasteiger partial charge >= 0.3 is 0 Å². The smallest absolute Gasteiger partial charge is 0.125 e. The van der Waals surface area contributed by atoms with Crippen LogP contribution in [-0.4, -0.2) is 9.97 Å². The Morgan fingerprint density at radius 2 is 1.82 bits per heavy atom. The zero-order chi connectivity index (χ0) is 8.85. The Bertz CT molecular complexity index is 223. The fraction of sp³-hybridized carbons (Fsp3) is 0.500. The Balaban J connectivity index is 0.000000461. The summed E-state index contributed by atoms with van der Waals surface area (Å²) in [6, 6.07) is 0. The molecule has 62 valence electrons. The van der Waals surface area contributed by atoms with Gasteiger partial charge in [0.05, 0.1) is 10.7 Å². The lowest BCUT2D eigenvalue weighted by Gasteiger charge is -1.94. The van der Waals surface area contributed by atoms with Gasteiger partial charge in [0.25, 0.3) is 0 Å². The van der Waals surface area contributed by atoms with Crippen molar-refractivity contribution in [3.8, 4) is 0 Å². The molecule has 1 aromatic heterocycles. The summed E-state index contributed by atoms with van der Waals surface area (Å²) in [4.78, 5) is 7.93. The van der Waals surface area contributed by atoms with Crippen LogP contribution < -0.4 is 0 Å². The molecule has 0 saturated carbocycles. The summed E-state index contributed by atoms with van der Waals surface area (Å²) in [6.45, 7) is 7.69. The van der Waals surface area contributed by atoms with Gasteiger partial charge in [0, 0.05) is 6.20 Å². The van der Waals surface area contributed by atoms with Crippen molar-refractivity contribution in [2.24, 2.45) is 0 Å². The first kappa shape index (κ1) is 10.4. The molecular weight excluding hydrogens is 160 g/mol. The van der Waals surface area contributed by atoms with Crippen molar-refractivity contribution in [2.75, 3.05) is 0 Å². The van der Waals surface area contributed by atoms with Gasteiger partial charge in [-0.15, -0.1) is 0 Å². The number of halogens is 1. The van der Waals surface area contributed by atoms with Crippen LogP contribution in [0.15, 0.2) is 6.20 Å². The molecule has 0 amide bonds. The van der Waals surface area contributed by atoms with Gasteiger partial charge in [0.2, 0.25) is 0 Å². The fourth-order valence-corrected chi connectivity index (χ4v) is 0.660. The second-order valence-electron chi connectivity index (χ2n) is 1.85. The monoisotopic (exact) mass is 172 g/mol. The van der Waals surface area contributed by atoms with Gasteiger partial charge in [-0.25, -0.2) is 9.97 Å². The molecule has 2 nitrogen and oxygen atoms in total. The Labute approximate surface area is 72.6 Å². The molecule has 0 saturated heterocycles. The van der Waals surface area contributed by atoms with Crippen LogP contribution in [0.3, 0.4) is 0 Å². The summed E-state index contributed by atoms with van der Waals surface area (Å²) in [5.41, 5.74) is 0.837. The quantitative estimate of drug-likeness (QED) is 0.602. The summed E-state index contributed by atoms with van der Waals surface area (Å²) in [5.74, 6) is 0.761. The van der Waals surface area contributed by atoms with Crippen LogP contribution in [0.25, 0.3) is 0 Å². The summed E-state index contributed by atoms with van der Waals surface area (Å²) in [5, 5.41) is 0.626. The number of aryl methyl sites for hydroxylation is 2. The molecule has 0 N–H and O–H groups in total. The maximum absolute atomic E-state index is 5.66. The Morgan fingerprint density at radius 1 is 1.27 bits per heavy atom. The van der Waals surface area contributed by atoms with Crippen molar-refractivity contribution in [3.63, 3.8) is 0 Å². The molecule has 0 atom stereocenters. The maximum Gasteiger partial charge on any atom is 0.125 e. The Kier molecular flexibility index (Phi) is 4.79. The lowest BCUT2D eigenvalue weighted by atomic mass is 10.4. The van der Waals surface area contributed by atoms with E-state index in [1.807, 2.05) is 27.7 Å². The van der Waals surface area contributed by atoms with Gasteiger partial charge in [-0.3, -0.25) is 0 Å². The van der Waals surface area contributed by atoms with Crippen molar-refractivity contribution in [2.45, 2.75) is 27.7 Å². The van der Waals surface area contributed by atoms with Crippen LogP contribution in [0.1, 0.15) is 25.4 Å². The maximum atomic E-state index is 5.66. The average molecular weight is 173 g/mol. The molecule has 1 heterocycles. The first-order valence-corrected chi connectivity index (χ1v) is 4.03. The standard InChI is InChI=1S/C6H7ClN2.C2H6/c1-4-6(7)3-8-5(2)9-4;1-2/h3H,1-2H3;1-2H3. The molecule has 0 radical (unpaired) electrons. The SMILES string of the molecule is CC.Cc1ncc(Cl)c(C)n1. The second-order valence-corrected chi connectivity index (χ2v) is 2.26. The largest absolute Gasteiger partial charge is 0.240 e. The van der Waals surface area contributed by atoms with Crippen molar-refractivity contribution in [1.29, 1.82) is 0 Å². The predicted octanol–water partition coefficient (Wildman–Crippen LogP) is 2.77. The first-order chi connectivity index (χ1) is 5.20. The van der Waals surface area contributed by atoms with E-state index in [0.29, 0.717) is 5.02 Å². The van der Waals surface area contributed by atoms with Crippen LogP contribution in [0.5, 0.6) is 0 Å². The fourth-order valence-electron chi connectivity index (χ4n) is 0.568. The van der Waals surface area contributed by atoms with Gasteiger partial charge in [-0.2, -0.15) is 0 Å². The Hall–Kier alpha value is -0.630. The normalized spacial score (nSPS) is 8.45. The highest BCUT2D eigenvalue weighted by atomic mass is 35.5. The zero-order valence-electron chi connectivity index (χ0n) is 7.35. The predicted molar refractivity (Wildman–Crippen MR) is 47.9 cm³/mol. The second kappa shape index (κ2) is 5.08. The van der Waals surface area contributed by atoms with Gasteiger partial charge in [0.15, 0.2) is 0 Å². The van der Waals surface area contributed by atoms with Gasteiger partial charge in [-0.05, 0) is 13.8 Å². The van der Waals surface area contributed by atoms with E-state index in [9.17, 15) is 0 Å². The summed E-state index contributed by atoms with van der Waals surface area (Å²) in [6.07, 6.45) is 1.61. The zero-order valence-corrected chi connectivity index (χ0v) is 8.11. The van der Waals surface area contributed by atoms with E-state index in [1.165, 1.54) is 0 Å². The molecule has 11 heavy (non-hydrogen) atoms. The van der Waals surface area contributed by atoms with Crippen molar-refractivity contribution in [1.82, 2.24) is 9.97 Å². The topological polar surface area (TPSA) is 25.8 Å². The molecule has 0 aliphatic carbocycles. The molecule has 1 aromatic rings. The van der Waals surface area contributed by atoms with Crippen LogP contribution in [0.4, 0.5) is 0 Å². The third-order valence-electron chi connectivity index (χ3n) is 1.04. The molecule has 0 spiro atoms. The first-order valence-electron chi connectivity index (χ1n) is 3.66. The van der Waals surface area contributed by atoms with Crippen LogP contribution in [0, 0.1) is 13.8 Å². The molecule has 3 heteroatoms. The van der Waals surface area contributed by atoms with E-state index in [2.05, 4.69) is 9.97 Å². The minimum absolute atomic E-state index is 0.626. The molecule has 0 unspecified atom stereocenters. The minimum atomic E-state index is 0.626. The molecule has 0 aromatic carbocycles. The van der Waals surface area contributed by atoms with Crippen molar-refractivity contribution in [3.05, 3.63) is 22.7 Å². The van der Waals surface area contributed by atoms with E-state index in [1.54, 1.807) is 6.20 Å². The van der Waals surface area contributed by atoms with Gasteiger partial charge < -0.3 is 0 Å². The number of hydrogen-bond donors (Lipinski definition) is 0. The van der Waals surface area contributed by atoms with Crippen molar-refractivity contribution >= 4 is 11.6 Å². The highest BCUT2D eigenvalue weighted by Crippen LogP contribution is 2.09. The van der Waals surface area contributed by atoms with Crippen LogP contribution in [0.2, 0.25) is 5.02 Å². The minimum Gasteiger partial charge on any atom is -0.240 e. The van der Waals surface area contributed by atoms with Crippen molar-refractivity contribution < 1.29 is 0 Å². The third kappa shape index (κ3) is 3.33. The third-order valence-corrected chi connectivity index (χ3v) is 1.41. The number of rotatable bonds is 0. The summed E-state index contributed by atoms with van der Waals surface area (Å²) in [7, 11) is 0. The molecule has 0 aliphatic rings. The lowest BCUT2D eigenvalue weighted by molar-refractivity contribution is 1.01. The molecular formula is C8H13ClN2. The highest BCUT2D eigenvalue weighted by Gasteiger charge is 1.94. The number of nitrogens with zero attached hydrogens (tertiary/aromatic N) is 2. The summed E-state index contributed by atoms with van der Waals surface area (Å²) >= 11 is 5.66. The average Bonchev–Trinajstić information content (AvgIpc) is 2.02. The molecule has 0 aliphatic heterocycles. The molecule has 1 rings (SSSR count).